The Labute approximate surface area is 156 Å². The minimum atomic E-state index is -0.438. The molecule has 26 heavy (non-hydrogen) atoms. The molecule has 1 atom stereocenters. The standard InChI is InChI=1S/C19H20ClFN4O/c1-22-19(23-10-12-6-7-16(21)15(20)8-12)24-11-13-9-18(26)25-17-5-3-2-4-14(13)17/h2-8,13H,9-11H2,1H3,(H,25,26)(H2,22,23,24). The average Bonchev–Trinajstić information content (AvgIpc) is 2.64. The van der Waals surface area contributed by atoms with Crippen LogP contribution in [0.2, 0.25) is 5.02 Å². The van der Waals surface area contributed by atoms with Crippen molar-refractivity contribution in [3.05, 3.63) is 64.4 Å². The van der Waals surface area contributed by atoms with E-state index in [1.807, 2.05) is 24.3 Å². The Morgan fingerprint density at radius 2 is 2.12 bits per heavy atom. The van der Waals surface area contributed by atoms with Crippen LogP contribution in [0.25, 0.3) is 0 Å². The minimum Gasteiger partial charge on any atom is -0.356 e. The monoisotopic (exact) mass is 374 g/mol. The van der Waals surface area contributed by atoms with Crippen molar-refractivity contribution in [2.45, 2.75) is 18.9 Å². The molecule has 0 saturated carbocycles. The highest BCUT2D eigenvalue weighted by Gasteiger charge is 2.24. The molecule has 0 radical (unpaired) electrons. The zero-order valence-electron chi connectivity index (χ0n) is 14.4. The van der Waals surface area contributed by atoms with E-state index >= 15 is 0 Å². The predicted octanol–water partition coefficient (Wildman–Crippen LogP) is 3.27. The Kier molecular flexibility index (Phi) is 5.73. The summed E-state index contributed by atoms with van der Waals surface area (Å²) in [7, 11) is 1.68. The lowest BCUT2D eigenvalue weighted by Gasteiger charge is -2.26. The lowest BCUT2D eigenvalue weighted by atomic mass is 9.90. The van der Waals surface area contributed by atoms with Crippen molar-refractivity contribution in [2.75, 3.05) is 18.9 Å². The van der Waals surface area contributed by atoms with Gasteiger partial charge in [-0.25, -0.2) is 4.39 Å². The Bertz CT molecular complexity index is 840. The SMILES string of the molecule is CN=C(NCc1ccc(F)c(Cl)c1)NCC1CC(=O)Nc2ccccc21. The molecule has 0 saturated heterocycles. The summed E-state index contributed by atoms with van der Waals surface area (Å²) in [4.78, 5) is 16.1. The molecule has 0 aliphatic carbocycles. The number of carbonyl (C=O) groups is 1. The highest BCUT2D eigenvalue weighted by Crippen LogP contribution is 2.31. The molecule has 5 nitrogen and oxygen atoms in total. The molecule has 3 rings (SSSR count). The Balaban J connectivity index is 1.59. The van der Waals surface area contributed by atoms with Gasteiger partial charge in [0.25, 0.3) is 0 Å². The maximum absolute atomic E-state index is 13.2. The van der Waals surface area contributed by atoms with E-state index in [0.29, 0.717) is 25.5 Å². The number of hydrogen-bond donors (Lipinski definition) is 3. The number of rotatable bonds is 4. The summed E-state index contributed by atoms with van der Waals surface area (Å²) in [5, 5.41) is 9.40. The van der Waals surface area contributed by atoms with Crippen molar-refractivity contribution < 1.29 is 9.18 Å². The lowest BCUT2D eigenvalue weighted by Crippen LogP contribution is -2.40. The first-order chi connectivity index (χ1) is 12.6. The van der Waals surface area contributed by atoms with Crippen LogP contribution in [0.4, 0.5) is 10.1 Å². The Morgan fingerprint density at radius 1 is 1.31 bits per heavy atom. The van der Waals surface area contributed by atoms with Gasteiger partial charge in [-0.15, -0.1) is 0 Å². The number of hydrogen-bond acceptors (Lipinski definition) is 2. The molecule has 0 spiro atoms. The first-order valence-electron chi connectivity index (χ1n) is 8.34. The number of nitrogens with one attached hydrogen (secondary N) is 3. The number of fused-ring (bicyclic) bond motifs is 1. The second-order valence-electron chi connectivity index (χ2n) is 6.09. The van der Waals surface area contributed by atoms with Crippen molar-refractivity contribution in [3.8, 4) is 0 Å². The molecular weight excluding hydrogens is 355 g/mol. The molecule has 2 aromatic rings. The van der Waals surface area contributed by atoms with Crippen LogP contribution in [0.3, 0.4) is 0 Å². The zero-order valence-corrected chi connectivity index (χ0v) is 15.1. The highest BCUT2D eigenvalue weighted by atomic mass is 35.5. The normalized spacial score (nSPS) is 16.7. The fraction of sp³-hybridized carbons (Fsp3) is 0.263. The molecule has 1 aliphatic rings. The van der Waals surface area contributed by atoms with Crippen molar-refractivity contribution in [3.63, 3.8) is 0 Å². The number of aliphatic imine (C=N–C) groups is 1. The Morgan fingerprint density at radius 3 is 2.88 bits per heavy atom. The fourth-order valence-electron chi connectivity index (χ4n) is 2.96. The van der Waals surface area contributed by atoms with Crippen molar-refractivity contribution >= 4 is 29.2 Å². The van der Waals surface area contributed by atoms with Gasteiger partial charge in [0.2, 0.25) is 5.91 Å². The first kappa shape index (κ1) is 18.2. The fourth-order valence-corrected chi connectivity index (χ4v) is 3.16. The number of halogens is 2. The molecule has 1 unspecified atom stereocenters. The zero-order chi connectivity index (χ0) is 18.5. The van der Waals surface area contributed by atoms with Crippen LogP contribution >= 0.6 is 11.6 Å². The molecule has 1 aliphatic heterocycles. The third-order valence-corrected chi connectivity index (χ3v) is 4.58. The highest BCUT2D eigenvalue weighted by molar-refractivity contribution is 6.30. The number of benzene rings is 2. The van der Waals surface area contributed by atoms with Crippen LogP contribution < -0.4 is 16.0 Å². The van der Waals surface area contributed by atoms with E-state index in [4.69, 9.17) is 11.6 Å². The maximum atomic E-state index is 13.2. The van der Waals surface area contributed by atoms with Crippen LogP contribution in [0, 0.1) is 5.82 Å². The predicted molar refractivity (Wildman–Crippen MR) is 102 cm³/mol. The first-order valence-corrected chi connectivity index (χ1v) is 8.72. The third-order valence-electron chi connectivity index (χ3n) is 4.29. The van der Waals surface area contributed by atoms with Gasteiger partial charge in [-0.1, -0.05) is 35.9 Å². The summed E-state index contributed by atoms with van der Waals surface area (Å²) < 4.78 is 13.2. The van der Waals surface area contributed by atoms with Crippen LogP contribution in [-0.4, -0.2) is 25.5 Å². The minimum absolute atomic E-state index is 0.0133. The summed E-state index contributed by atoms with van der Waals surface area (Å²) in [6.45, 7) is 1.04. The molecule has 1 amide bonds. The summed E-state index contributed by atoms with van der Waals surface area (Å²) in [5.74, 6) is 0.249. The van der Waals surface area contributed by atoms with Gasteiger partial charge in [0.15, 0.2) is 5.96 Å². The number of guanidine groups is 1. The molecule has 1 heterocycles. The number of carbonyl (C=O) groups excluding carboxylic acids is 1. The second kappa shape index (κ2) is 8.19. The van der Waals surface area contributed by atoms with E-state index in [-0.39, 0.29) is 16.8 Å². The number of nitrogens with zero attached hydrogens (tertiary/aromatic N) is 1. The van der Waals surface area contributed by atoms with E-state index in [0.717, 1.165) is 16.8 Å². The largest absolute Gasteiger partial charge is 0.356 e. The van der Waals surface area contributed by atoms with Gasteiger partial charge in [-0.2, -0.15) is 0 Å². The average molecular weight is 375 g/mol. The molecule has 0 aromatic heterocycles. The molecule has 0 bridgehead atoms. The molecule has 7 heteroatoms. The third kappa shape index (κ3) is 4.32. The summed E-state index contributed by atoms with van der Waals surface area (Å²) in [6, 6.07) is 12.4. The summed E-state index contributed by atoms with van der Waals surface area (Å²) >= 11 is 5.80. The van der Waals surface area contributed by atoms with Crippen LogP contribution in [0.1, 0.15) is 23.5 Å². The van der Waals surface area contributed by atoms with E-state index in [1.54, 1.807) is 19.2 Å². The van der Waals surface area contributed by atoms with Gasteiger partial charge in [0.1, 0.15) is 5.82 Å². The topological polar surface area (TPSA) is 65.5 Å². The summed E-state index contributed by atoms with van der Waals surface area (Å²) in [5.41, 5.74) is 2.82. The van der Waals surface area contributed by atoms with Crippen LogP contribution in [0.15, 0.2) is 47.5 Å². The maximum Gasteiger partial charge on any atom is 0.225 e. The van der Waals surface area contributed by atoms with Crippen LogP contribution in [0.5, 0.6) is 0 Å². The van der Waals surface area contributed by atoms with Gasteiger partial charge >= 0.3 is 0 Å². The van der Waals surface area contributed by atoms with E-state index in [1.165, 1.54) is 6.07 Å². The van der Waals surface area contributed by atoms with Gasteiger partial charge in [0.05, 0.1) is 5.02 Å². The molecular formula is C19H20ClFN4O. The molecule has 136 valence electrons. The van der Waals surface area contributed by atoms with Gasteiger partial charge < -0.3 is 16.0 Å². The van der Waals surface area contributed by atoms with Gasteiger partial charge in [0, 0.05) is 38.2 Å². The van der Waals surface area contributed by atoms with Crippen LogP contribution in [-0.2, 0) is 11.3 Å². The van der Waals surface area contributed by atoms with E-state index in [9.17, 15) is 9.18 Å². The van der Waals surface area contributed by atoms with E-state index < -0.39 is 5.82 Å². The van der Waals surface area contributed by atoms with Crippen molar-refractivity contribution in [1.29, 1.82) is 0 Å². The number of anilines is 1. The smallest absolute Gasteiger partial charge is 0.225 e. The molecule has 2 aromatic carbocycles. The van der Waals surface area contributed by atoms with E-state index in [2.05, 4.69) is 20.9 Å². The lowest BCUT2D eigenvalue weighted by molar-refractivity contribution is -0.116. The van der Waals surface area contributed by atoms with Gasteiger partial charge in [-0.05, 0) is 29.3 Å². The number of para-hydroxylation sites is 1. The van der Waals surface area contributed by atoms with Crippen molar-refractivity contribution in [2.24, 2.45) is 4.99 Å². The van der Waals surface area contributed by atoms with Gasteiger partial charge in [-0.3, -0.25) is 9.79 Å². The summed E-state index contributed by atoms with van der Waals surface area (Å²) in [6.07, 6.45) is 0.425. The quantitative estimate of drug-likeness (QED) is 0.568. The van der Waals surface area contributed by atoms with Crippen molar-refractivity contribution in [1.82, 2.24) is 10.6 Å². The second-order valence-corrected chi connectivity index (χ2v) is 6.50. The molecule has 0 fully saturated rings. The number of amides is 1. The molecule has 3 N–H and O–H groups in total. The Hall–Kier alpha value is -2.60.